The number of hydrogen-bond acceptors (Lipinski definition) is 19. The SMILES string of the molecule is Nc1nc2c(ncn2C2OC3COP(=O)(O)OC4C(CNc5c(c(=O)c5=O)NC2C3O)OC(n2cnc3c(N)ncnc32)C4O)c(=O)[nH]1. The number of nitrogen functional groups attached to an aromatic ring is 2. The van der Waals surface area contributed by atoms with E-state index in [1.54, 1.807) is 0 Å². The van der Waals surface area contributed by atoms with Crippen molar-refractivity contribution in [1.82, 2.24) is 39.0 Å². The summed E-state index contributed by atoms with van der Waals surface area (Å²) in [5, 5.41) is 28.2. The molecule has 48 heavy (non-hydrogen) atoms. The molecule has 2 bridgehead atoms. The minimum absolute atomic E-state index is 0.0347. The fourth-order valence-electron chi connectivity index (χ4n) is 6.13. The van der Waals surface area contributed by atoms with E-state index in [1.807, 2.05) is 0 Å². The molecule has 23 nitrogen and oxygen atoms in total. The van der Waals surface area contributed by atoms with Crippen LogP contribution in [0.4, 0.5) is 23.1 Å². The fraction of sp³-hybridized carbons (Fsp3) is 0.417. The number of fused-ring (bicyclic) bond motifs is 6. The lowest BCUT2D eigenvalue weighted by Gasteiger charge is -2.27. The maximum absolute atomic E-state index is 13.3. The number of nitrogens with one attached hydrogen (secondary N) is 3. The number of hydrogen-bond donors (Lipinski definition) is 8. The standard InChI is InChI=1S/C24H25N12O11P/c25-18-11-19(29-3-28-18)35(4-30-11)23-16(40)17-6(45-23)1-27-8-9(15(39)14(8)38)32-10-13(37)7(2-44-48(42,43)47-17)46-22(10)36-5-31-12-20(36)33-24(26)34-21(12)41/h3-7,10,13,16-17,22-23,27,32,37,40H,1-2H2,(H,42,43)(H2,25,28,29)(H3,26,33,34,41). The van der Waals surface area contributed by atoms with Crippen molar-refractivity contribution in [1.29, 1.82) is 0 Å². The van der Waals surface area contributed by atoms with Crippen LogP contribution in [0.5, 0.6) is 0 Å². The highest BCUT2D eigenvalue weighted by Crippen LogP contribution is 2.50. The van der Waals surface area contributed by atoms with Crippen molar-refractivity contribution < 1.29 is 38.2 Å². The molecule has 9 unspecified atom stereocenters. The van der Waals surface area contributed by atoms with Crippen molar-refractivity contribution in [3.05, 3.63) is 49.8 Å². The van der Waals surface area contributed by atoms with Gasteiger partial charge in [-0.2, -0.15) is 4.98 Å². The normalized spacial score (nSPS) is 32.5. The summed E-state index contributed by atoms with van der Waals surface area (Å²) in [6, 6.07) is -1.23. The van der Waals surface area contributed by atoms with Crippen molar-refractivity contribution in [2.45, 2.75) is 49.0 Å². The number of H-pyrrole nitrogens is 1. The first kappa shape index (κ1) is 30.5. The van der Waals surface area contributed by atoms with Gasteiger partial charge in [-0.15, -0.1) is 0 Å². The largest absolute Gasteiger partial charge is 0.472 e. The summed E-state index contributed by atoms with van der Waals surface area (Å²) in [7, 11) is -5.03. The Hall–Kier alpha value is -4.87. The number of aliphatic hydroxyl groups is 2. The zero-order chi connectivity index (χ0) is 33.6. The molecule has 2 saturated heterocycles. The Labute approximate surface area is 264 Å². The number of aliphatic hydroxyl groups excluding tert-OH is 2. The predicted octanol–water partition coefficient (Wildman–Crippen LogP) is -3.36. The number of aromatic amines is 1. The van der Waals surface area contributed by atoms with Crippen LogP contribution in [0.3, 0.4) is 0 Å². The van der Waals surface area contributed by atoms with Crippen LogP contribution in [0, 0.1) is 0 Å². The smallest absolute Gasteiger partial charge is 0.388 e. The van der Waals surface area contributed by atoms with Gasteiger partial charge in [-0.05, 0) is 0 Å². The molecule has 4 aromatic heterocycles. The highest BCUT2D eigenvalue weighted by atomic mass is 31.2. The monoisotopic (exact) mass is 688 g/mol. The van der Waals surface area contributed by atoms with Crippen LogP contribution < -0.4 is 38.5 Å². The lowest BCUT2D eigenvalue weighted by Crippen LogP contribution is -2.46. The Morgan fingerprint density at radius 1 is 0.896 bits per heavy atom. The molecular weight excluding hydrogens is 663 g/mol. The highest BCUT2D eigenvalue weighted by Gasteiger charge is 2.51. The van der Waals surface area contributed by atoms with E-state index in [9.17, 15) is 34.1 Å². The van der Waals surface area contributed by atoms with Gasteiger partial charge in [0.1, 0.15) is 59.8 Å². The van der Waals surface area contributed by atoms with Crippen molar-refractivity contribution in [2.75, 3.05) is 35.3 Å². The second-order valence-corrected chi connectivity index (χ2v) is 12.7. The van der Waals surface area contributed by atoms with Crippen LogP contribution >= 0.6 is 7.82 Å². The van der Waals surface area contributed by atoms with Crippen molar-refractivity contribution in [3.8, 4) is 0 Å². The molecule has 5 aromatic rings. The molecule has 1 aromatic carbocycles. The third-order valence-electron chi connectivity index (χ3n) is 8.42. The summed E-state index contributed by atoms with van der Waals surface area (Å²) in [5.41, 5.74) is 8.97. The summed E-state index contributed by atoms with van der Waals surface area (Å²) < 4.78 is 38.5. The van der Waals surface area contributed by atoms with Crippen molar-refractivity contribution in [3.63, 3.8) is 0 Å². The van der Waals surface area contributed by atoms with Gasteiger partial charge in [-0.1, -0.05) is 0 Å². The van der Waals surface area contributed by atoms with E-state index >= 15 is 0 Å². The summed E-state index contributed by atoms with van der Waals surface area (Å²) in [6.07, 6.45) is -6.19. The van der Waals surface area contributed by atoms with E-state index in [4.69, 9.17) is 30.0 Å². The number of phosphoric acid groups is 1. The number of anilines is 4. The van der Waals surface area contributed by atoms with Gasteiger partial charge in [-0.3, -0.25) is 37.5 Å². The van der Waals surface area contributed by atoms with E-state index in [0.29, 0.717) is 0 Å². The van der Waals surface area contributed by atoms with Crippen LogP contribution in [0.15, 0.2) is 33.4 Å². The zero-order valence-electron chi connectivity index (χ0n) is 24.1. The number of rotatable bonds is 2. The Kier molecular flexibility index (Phi) is 6.87. The lowest BCUT2D eigenvalue weighted by atomic mass is 10.1. The molecule has 2 fully saturated rings. The molecule has 10 N–H and O–H groups in total. The van der Waals surface area contributed by atoms with E-state index < -0.39 is 79.9 Å². The molecule has 8 rings (SSSR count). The van der Waals surface area contributed by atoms with Gasteiger partial charge >= 0.3 is 7.82 Å². The first-order valence-corrected chi connectivity index (χ1v) is 15.7. The van der Waals surface area contributed by atoms with Crippen molar-refractivity contribution >= 4 is 53.3 Å². The number of nitrogens with zero attached hydrogens (tertiary/aromatic N) is 7. The van der Waals surface area contributed by atoms with Crippen LogP contribution in [-0.4, -0.2) is 104 Å². The predicted molar refractivity (Wildman–Crippen MR) is 160 cm³/mol. The molecule has 0 aliphatic carbocycles. The Morgan fingerprint density at radius 3 is 2.40 bits per heavy atom. The summed E-state index contributed by atoms with van der Waals surface area (Å²) >= 11 is 0. The average Bonchev–Trinajstić information content (AvgIpc) is 3.80. The molecule has 3 aliphatic rings. The maximum Gasteiger partial charge on any atom is 0.472 e. The number of imidazole rings is 2. The maximum atomic E-state index is 13.3. The fourth-order valence-corrected chi connectivity index (χ4v) is 7.09. The molecule has 3 aliphatic heterocycles. The number of aromatic nitrogens is 8. The third-order valence-corrected chi connectivity index (χ3v) is 9.41. The number of nitrogens with two attached hydrogens (primary N) is 2. The van der Waals surface area contributed by atoms with E-state index in [1.165, 1.54) is 28.1 Å². The van der Waals surface area contributed by atoms with Gasteiger partial charge in [0.2, 0.25) is 5.95 Å². The van der Waals surface area contributed by atoms with Gasteiger partial charge in [0.15, 0.2) is 35.1 Å². The second-order valence-electron chi connectivity index (χ2n) is 11.3. The van der Waals surface area contributed by atoms with E-state index in [2.05, 4.69) is 40.5 Å². The molecule has 24 heteroatoms. The first-order valence-electron chi connectivity index (χ1n) is 14.2. The molecule has 0 radical (unpaired) electrons. The van der Waals surface area contributed by atoms with Crippen LogP contribution in [0.25, 0.3) is 22.3 Å². The van der Waals surface area contributed by atoms with E-state index in [-0.39, 0.29) is 52.0 Å². The van der Waals surface area contributed by atoms with Gasteiger partial charge in [0.25, 0.3) is 16.4 Å². The minimum Gasteiger partial charge on any atom is -0.388 e. The Bertz CT molecular complexity index is 2260. The summed E-state index contributed by atoms with van der Waals surface area (Å²) in [6.45, 7) is -1.06. The minimum atomic E-state index is -5.03. The van der Waals surface area contributed by atoms with Gasteiger partial charge < -0.3 is 46.7 Å². The second kappa shape index (κ2) is 10.8. The van der Waals surface area contributed by atoms with Crippen molar-refractivity contribution in [2.24, 2.45) is 0 Å². The Balaban J connectivity index is 1.15. The molecule has 0 spiro atoms. The summed E-state index contributed by atoms with van der Waals surface area (Å²) in [5.74, 6) is -0.175. The van der Waals surface area contributed by atoms with Crippen LogP contribution in [0.2, 0.25) is 0 Å². The quantitative estimate of drug-likeness (QED) is 0.0663. The zero-order valence-corrected chi connectivity index (χ0v) is 25.0. The average molecular weight is 689 g/mol. The highest BCUT2D eigenvalue weighted by molar-refractivity contribution is 7.47. The van der Waals surface area contributed by atoms with Crippen LogP contribution in [0.1, 0.15) is 12.5 Å². The lowest BCUT2D eigenvalue weighted by molar-refractivity contribution is -0.0498. The topological polar surface area (TPSA) is 332 Å². The molecule has 7 heterocycles. The third kappa shape index (κ3) is 4.67. The summed E-state index contributed by atoms with van der Waals surface area (Å²) in [4.78, 5) is 71.3. The molecule has 252 valence electrons. The molecule has 0 saturated carbocycles. The number of ether oxygens (including phenoxy) is 2. The van der Waals surface area contributed by atoms with E-state index in [0.717, 1.165) is 0 Å². The first-order chi connectivity index (χ1) is 22.9. The molecular formula is C24H25N12O11P. The molecule has 9 atom stereocenters. The molecule has 0 amide bonds. The Morgan fingerprint density at radius 2 is 1.60 bits per heavy atom. The van der Waals surface area contributed by atoms with Gasteiger partial charge in [0, 0.05) is 6.54 Å². The van der Waals surface area contributed by atoms with Crippen LogP contribution in [-0.2, 0) is 23.1 Å². The van der Waals surface area contributed by atoms with Gasteiger partial charge in [0.05, 0.1) is 19.3 Å². The number of phosphoric ester groups is 1. The van der Waals surface area contributed by atoms with Gasteiger partial charge in [-0.25, -0.2) is 24.5 Å².